The number of carbonyl (C=O) groups is 1. The molecule has 5 nitrogen and oxygen atoms in total. The van der Waals surface area contributed by atoms with Gasteiger partial charge in [-0.2, -0.15) is 0 Å². The normalized spacial score (nSPS) is 15.0. The van der Waals surface area contributed by atoms with Crippen molar-refractivity contribution in [3.8, 4) is 11.5 Å². The second kappa shape index (κ2) is 7.67. The molecule has 2 aromatic rings. The van der Waals surface area contributed by atoms with Crippen LogP contribution in [0.2, 0.25) is 0 Å². The number of cyclic esters (lactones) is 1. The topological polar surface area (TPSA) is 57.1 Å². The van der Waals surface area contributed by atoms with Crippen molar-refractivity contribution in [3.63, 3.8) is 0 Å². The first-order chi connectivity index (χ1) is 12.1. The van der Waals surface area contributed by atoms with Crippen molar-refractivity contribution in [2.45, 2.75) is 0 Å². The number of benzene rings is 1. The molecule has 128 valence electrons. The van der Waals surface area contributed by atoms with Crippen LogP contribution in [0.1, 0.15) is 10.4 Å². The van der Waals surface area contributed by atoms with Crippen molar-refractivity contribution in [2.24, 2.45) is 4.99 Å². The fourth-order valence-corrected chi connectivity index (χ4v) is 3.40. The molecule has 0 spiro atoms. The molecule has 0 fully saturated rings. The van der Waals surface area contributed by atoms with Crippen LogP contribution in [-0.4, -0.2) is 25.6 Å². The van der Waals surface area contributed by atoms with E-state index >= 15 is 0 Å². The van der Waals surface area contributed by atoms with Crippen LogP contribution in [0, 0.1) is 0 Å². The molecule has 2 heterocycles. The van der Waals surface area contributed by atoms with Crippen LogP contribution in [0.5, 0.6) is 11.5 Å². The van der Waals surface area contributed by atoms with Gasteiger partial charge in [0.15, 0.2) is 17.2 Å². The first kappa shape index (κ1) is 17.4. The van der Waals surface area contributed by atoms with Gasteiger partial charge in [-0.15, -0.1) is 11.3 Å². The average Bonchev–Trinajstić information content (AvgIpc) is 3.24. The van der Waals surface area contributed by atoms with Gasteiger partial charge in [0, 0.05) is 0 Å². The third-order valence-electron chi connectivity index (χ3n) is 3.25. The predicted octanol–water partition coefficient (Wildman–Crippen LogP) is 4.43. The Hall–Kier alpha value is -2.38. The third-order valence-corrected chi connectivity index (χ3v) is 4.70. The van der Waals surface area contributed by atoms with E-state index in [2.05, 4.69) is 27.5 Å². The summed E-state index contributed by atoms with van der Waals surface area (Å²) in [4.78, 5) is 17.1. The van der Waals surface area contributed by atoms with E-state index in [1.54, 1.807) is 25.3 Å². The molecular formula is C18H14BrNO4S. The van der Waals surface area contributed by atoms with Gasteiger partial charge in [-0.1, -0.05) is 18.7 Å². The van der Waals surface area contributed by atoms with Crippen molar-refractivity contribution in [1.29, 1.82) is 0 Å². The summed E-state index contributed by atoms with van der Waals surface area (Å²) in [6, 6.07) is 7.31. The van der Waals surface area contributed by atoms with Crippen LogP contribution in [-0.2, 0) is 9.53 Å². The van der Waals surface area contributed by atoms with Crippen LogP contribution in [0.4, 0.5) is 0 Å². The number of esters is 1. The fourth-order valence-electron chi connectivity index (χ4n) is 2.18. The quantitative estimate of drug-likeness (QED) is 0.394. The van der Waals surface area contributed by atoms with E-state index in [9.17, 15) is 4.79 Å². The Morgan fingerprint density at radius 1 is 1.44 bits per heavy atom. The van der Waals surface area contributed by atoms with Gasteiger partial charge in [-0.25, -0.2) is 9.79 Å². The summed E-state index contributed by atoms with van der Waals surface area (Å²) in [5.74, 6) is 0.951. The molecule has 0 radical (unpaired) electrons. The summed E-state index contributed by atoms with van der Waals surface area (Å²) >= 11 is 4.92. The third kappa shape index (κ3) is 3.83. The molecule has 0 amide bonds. The van der Waals surface area contributed by atoms with Crippen LogP contribution in [0.3, 0.4) is 0 Å². The number of rotatable bonds is 6. The molecule has 0 saturated carbocycles. The first-order valence-electron chi connectivity index (χ1n) is 7.30. The molecule has 25 heavy (non-hydrogen) atoms. The summed E-state index contributed by atoms with van der Waals surface area (Å²) in [6.45, 7) is 3.98. The van der Waals surface area contributed by atoms with Crippen LogP contribution >= 0.6 is 27.3 Å². The molecule has 0 aliphatic carbocycles. The predicted molar refractivity (Wildman–Crippen MR) is 101 cm³/mol. The maximum atomic E-state index is 12.1. The van der Waals surface area contributed by atoms with Gasteiger partial charge in [0.05, 0.1) is 16.5 Å². The van der Waals surface area contributed by atoms with Gasteiger partial charge < -0.3 is 14.2 Å². The standard InChI is InChI=1S/C18H14BrNO4S/c1-3-6-23-16-12(19)8-11(10-14(16)22-2)9-13-18(21)24-17(20-13)15-5-4-7-25-15/h3-5,7-10H,1,6H2,2H3. The van der Waals surface area contributed by atoms with Crippen molar-refractivity contribution in [2.75, 3.05) is 13.7 Å². The Kier molecular flexibility index (Phi) is 5.35. The molecule has 0 unspecified atom stereocenters. The van der Waals surface area contributed by atoms with Crippen molar-refractivity contribution in [1.82, 2.24) is 0 Å². The van der Waals surface area contributed by atoms with Crippen LogP contribution in [0.25, 0.3) is 6.08 Å². The summed E-state index contributed by atoms with van der Waals surface area (Å²) in [5.41, 5.74) is 0.968. The molecule has 1 aliphatic heterocycles. The zero-order valence-corrected chi connectivity index (χ0v) is 15.7. The molecule has 0 atom stereocenters. The van der Waals surface area contributed by atoms with Crippen LogP contribution < -0.4 is 9.47 Å². The lowest BCUT2D eigenvalue weighted by Gasteiger charge is -2.12. The maximum absolute atomic E-state index is 12.1. The van der Waals surface area contributed by atoms with E-state index in [0.29, 0.717) is 28.5 Å². The molecule has 1 aromatic heterocycles. The number of halogens is 1. The molecule has 1 aliphatic rings. The zero-order chi connectivity index (χ0) is 17.8. The minimum Gasteiger partial charge on any atom is -0.493 e. The maximum Gasteiger partial charge on any atom is 0.363 e. The Balaban J connectivity index is 1.94. The number of nitrogens with zero attached hydrogens (tertiary/aromatic N) is 1. The molecule has 3 rings (SSSR count). The zero-order valence-electron chi connectivity index (χ0n) is 13.3. The number of hydrogen-bond donors (Lipinski definition) is 0. The molecule has 7 heteroatoms. The lowest BCUT2D eigenvalue weighted by atomic mass is 10.1. The monoisotopic (exact) mass is 419 g/mol. The van der Waals surface area contributed by atoms with E-state index < -0.39 is 5.97 Å². The molecule has 0 bridgehead atoms. The second-order valence-electron chi connectivity index (χ2n) is 4.95. The van der Waals surface area contributed by atoms with E-state index in [0.717, 1.165) is 10.4 Å². The van der Waals surface area contributed by atoms with E-state index in [1.165, 1.54) is 11.3 Å². The largest absolute Gasteiger partial charge is 0.493 e. The number of thiophene rings is 1. The highest BCUT2D eigenvalue weighted by Crippen LogP contribution is 2.37. The van der Waals surface area contributed by atoms with Crippen LogP contribution in [0.15, 0.2) is 57.5 Å². The van der Waals surface area contributed by atoms with E-state index in [-0.39, 0.29) is 5.70 Å². The van der Waals surface area contributed by atoms with Crippen molar-refractivity contribution >= 4 is 45.2 Å². The van der Waals surface area contributed by atoms with E-state index in [4.69, 9.17) is 14.2 Å². The molecule has 1 aromatic carbocycles. The van der Waals surface area contributed by atoms with Gasteiger partial charge >= 0.3 is 5.97 Å². The first-order valence-corrected chi connectivity index (χ1v) is 8.97. The van der Waals surface area contributed by atoms with Gasteiger partial charge in [0.2, 0.25) is 5.90 Å². The lowest BCUT2D eigenvalue weighted by Crippen LogP contribution is -2.03. The summed E-state index contributed by atoms with van der Waals surface area (Å²) < 4.78 is 16.9. The highest BCUT2D eigenvalue weighted by molar-refractivity contribution is 9.10. The molecule has 0 N–H and O–H groups in total. The summed E-state index contributed by atoms with van der Waals surface area (Å²) in [5, 5.41) is 1.90. The number of aliphatic imine (C=N–C) groups is 1. The summed E-state index contributed by atoms with van der Waals surface area (Å²) in [6.07, 6.45) is 3.30. The van der Waals surface area contributed by atoms with Gasteiger partial charge in [0.25, 0.3) is 0 Å². The minimum absolute atomic E-state index is 0.233. The number of methoxy groups -OCH3 is 1. The Bertz CT molecular complexity index is 871. The number of hydrogen-bond acceptors (Lipinski definition) is 6. The molecule has 0 saturated heterocycles. The van der Waals surface area contributed by atoms with Crippen molar-refractivity contribution < 1.29 is 19.0 Å². The summed E-state index contributed by atoms with van der Waals surface area (Å²) in [7, 11) is 1.55. The SMILES string of the molecule is C=CCOc1c(Br)cc(C=C2N=C(c3cccs3)OC2=O)cc1OC. The average molecular weight is 420 g/mol. The minimum atomic E-state index is -0.481. The Labute approximate surface area is 157 Å². The highest BCUT2D eigenvalue weighted by atomic mass is 79.9. The molecular weight excluding hydrogens is 406 g/mol. The van der Waals surface area contributed by atoms with Crippen molar-refractivity contribution in [3.05, 3.63) is 62.9 Å². The Morgan fingerprint density at radius 2 is 2.28 bits per heavy atom. The second-order valence-corrected chi connectivity index (χ2v) is 6.75. The fraction of sp³-hybridized carbons (Fsp3) is 0.111. The number of ether oxygens (including phenoxy) is 3. The van der Waals surface area contributed by atoms with Gasteiger partial charge in [0.1, 0.15) is 6.61 Å². The lowest BCUT2D eigenvalue weighted by molar-refractivity contribution is -0.129. The number of carbonyl (C=O) groups excluding carboxylic acids is 1. The van der Waals surface area contributed by atoms with Gasteiger partial charge in [-0.3, -0.25) is 0 Å². The van der Waals surface area contributed by atoms with Gasteiger partial charge in [-0.05, 0) is 51.1 Å². The Morgan fingerprint density at radius 3 is 2.96 bits per heavy atom. The highest BCUT2D eigenvalue weighted by Gasteiger charge is 2.25. The van der Waals surface area contributed by atoms with E-state index in [1.807, 2.05) is 23.6 Å². The smallest absolute Gasteiger partial charge is 0.363 e.